The van der Waals surface area contributed by atoms with Crippen molar-refractivity contribution in [2.45, 2.75) is 11.8 Å². The lowest BCUT2D eigenvalue weighted by molar-refractivity contribution is 0.297. The average Bonchev–Trinajstić information content (AvgIpc) is 2.67. The van der Waals surface area contributed by atoms with E-state index in [9.17, 15) is 0 Å². The van der Waals surface area contributed by atoms with E-state index in [1.807, 2.05) is 24.3 Å². The molecule has 2 nitrogen and oxygen atoms in total. The van der Waals surface area contributed by atoms with E-state index in [0.717, 1.165) is 36.6 Å². The maximum Gasteiger partial charge on any atom is 0.161 e. The van der Waals surface area contributed by atoms with Crippen LogP contribution in [0.25, 0.3) is 0 Å². The minimum atomic E-state index is -0.195. The first-order valence-corrected chi connectivity index (χ1v) is 8.97. The van der Waals surface area contributed by atoms with E-state index in [4.69, 9.17) is 21.1 Å². The lowest BCUT2D eigenvalue weighted by Crippen LogP contribution is -1.97. The number of benzene rings is 1. The molecule has 1 unspecified atom stereocenters. The zero-order valence-electron chi connectivity index (χ0n) is 10.4. The first-order chi connectivity index (χ1) is 9.65. The summed E-state index contributed by atoms with van der Waals surface area (Å²) in [6.07, 6.45) is 0.902. The van der Waals surface area contributed by atoms with E-state index in [0.29, 0.717) is 13.2 Å². The van der Waals surface area contributed by atoms with E-state index in [1.54, 1.807) is 11.3 Å². The van der Waals surface area contributed by atoms with Crippen LogP contribution in [0.4, 0.5) is 0 Å². The summed E-state index contributed by atoms with van der Waals surface area (Å²) in [6.45, 7) is 1.38. The van der Waals surface area contributed by atoms with Gasteiger partial charge in [0.05, 0.1) is 22.4 Å². The molecule has 20 heavy (non-hydrogen) atoms. The number of fused-ring (bicyclic) bond motifs is 1. The summed E-state index contributed by atoms with van der Waals surface area (Å²) < 4.78 is 13.4. The fraction of sp³-hybridized carbons (Fsp3) is 0.286. The molecule has 0 radical (unpaired) electrons. The summed E-state index contributed by atoms with van der Waals surface area (Å²) >= 11 is 15.2. The molecule has 2 aromatic rings. The topological polar surface area (TPSA) is 18.5 Å². The maximum atomic E-state index is 6.57. The molecular weight excluding hydrogens is 427 g/mol. The monoisotopic (exact) mass is 436 g/mol. The van der Waals surface area contributed by atoms with Gasteiger partial charge in [0.2, 0.25) is 0 Å². The quantitative estimate of drug-likeness (QED) is 0.555. The van der Waals surface area contributed by atoms with E-state index < -0.39 is 0 Å². The Morgan fingerprint density at radius 1 is 1.10 bits per heavy atom. The van der Waals surface area contributed by atoms with Crippen LogP contribution in [-0.4, -0.2) is 13.2 Å². The normalized spacial score (nSPS) is 15.8. The molecule has 1 aromatic heterocycles. The lowest BCUT2D eigenvalue weighted by atomic mass is 10.1. The number of hydrogen-bond acceptors (Lipinski definition) is 3. The van der Waals surface area contributed by atoms with Gasteiger partial charge in [-0.2, -0.15) is 0 Å². The van der Waals surface area contributed by atoms with Crippen molar-refractivity contribution in [1.29, 1.82) is 0 Å². The fourth-order valence-corrected chi connectivity index (χ4v) is 4.42. The van der Waals surface area contributed by atoms with E-state index in [-0.39, 0.29) is 5.38 Å². The van der Waals surface area contributed by atoms with Gasteiger partial charge in [-0.05, 0) is 55.6 Å². The molecule has 0 fully saturated rings. The highest BCUT2D eigenvalue weighted by molar-refractivity contribution is 9.13. The molecule has 6 heteroatoms. The Morgan fingerprint density at radius 3 is 2.55 bits per heavy atom. The fourth-order valence-electron chi connectivity index (χ4n) is 1.99. The number of hydrogen-bond donors (Lipinski definition) is 0. The molecule has 1 atom stereocenters. The molecular formula is C14H11Br2ClO2S. The van der Waals surface area contributed by atoms with Gasteiger partial charge in [-0.1, -0.05) is 6.07 Å². The van der Waals surface area contributed by atoms with Crippen molar-refractivity contribution in [1.82, 2.24) is 0 Å². The standard InChI is InChI=1S/C14H11Br2ClO2S/c15-9-7-12(20-14(9)16)13(17)8-2-3-10-11(6-8)19-5-1-4-18-10/h2-3,6-7,13H,1,4-5H2. The second-order valence-electron chi connectivity index (χ2n) is 4.39. The molecule has 0 amide bonds. The van der Waals surface area contributed by atoms with E-state index in [2.05, 4.69) is 31.9 Å². The number of ether oxygens (including phenoxy) is 2. The molecule has 0 aliphatic carbocycles. The molecule has 1 aliphatic rings. The van der Waals surface area contributed by atoms with E-state index >= 15 is 0 Å². The number of alkyl halides is 1. The predicted octanol–water partition coefficient (Wildman–Crippen LogP) is 5.76. The Kier molecular flexibility index (Phi) is 4.60. The molecule has 0 saturated heterocycles. The van der Waals surface area contributed by atoms with Gasteiger partial charge >= 0.3 is 0 Å². The third-order valence-corrected chi connectivity index (χ3v) is 6.92. The first kappa shape index (κ1) is 14.7. The van der Waals surface area contributed by atoms with Crippen LogP contribution in [0.2, 0.25) is 0 Å². The number of thiophene rings is 1. The summed E-state index contributed by atoms with van der Waals surface area (Å²) in [6, 6.07) is 7.94. The first-order valence-electron chi connectivity index (χ1n) is 6.13. The van der Waals surface area contributed by atoms with Crippen molar-refractivity contribution in [2.24, 2.45) is 0 Å². The van der Waals surface area contributed by atoms with Crippen LogP contribution < -0.4 is 9.47 Å². The Balaban J connectivity index is 1.92. The van der Waals surface area contributed by atoms with Crippen molar-refractivity contribution in [3.63, 3.8) is 0 Å². The van der Waals surface area contributed by atoms with Gasteiger partial charge in [0.25, 0.3) is 0 Å². The van der Waals surface area contributed by atoms with Gasteiger partial charge in [-0.15, -0.1) is 22.9 Å². The summed E-state index contributed by atoms with van der Waals surface area (Å²) in [5.74, 6) is 1.57. The van der Waals surface area contributed by atoms with Crippen LogP contribution in [0.3, 0.4) is 0 Å². The SMILES string of the molecule is ClC(c1ccc2c(c1)OCCCO2)c1cc(Br)c(Br)s1. The molecule has 1 aromatic carbocycles. The molecule has 0 saturated carbocycles. The molecule has 0 N–H and O–H groups in total. The summed E-state index contributed by atoms with van der Waals surface area (Å²) in [5.41, 5.74) is 1.01. The zero-order chi connectivity index (χ0) is 14.1. The Morgan fingerprint density at radius 2 is 1.85 bits per heavy atom. The largest absolute Gasteiger partial charge is 0.490 e. The van der Waals surface area contributed by atoms with Crippen LogP contribution in [0.15, 0.2) is 32.5 Å². The van der Waals surface area contributed by atoms with Crippen molar-refractivity contribution >= 4 is 54.8 Å². The third kappa shape index (κ3) is 3.01. The molecule has 3 rings (SSSR count). The highest BCUT2D eigenvalue weighted by Crippen LogP contribution is 2.42. The maximum absolute atomic E-state index is 6.57. The number of rotatable bonds is 2. The molecule has 2 heterocycles. The Labute approximate surface area is 143 Å². The third-order valence-electron chi connectivity index (χ3n) is 2.98. The van der Waals surface area contributed by atoms with Gasteiger partial charge in [0, 0.05) is 15.8 Å². The van der Waals surface area contributed by atoms with Gasteiger partial charge in [-0.25, -0.2) is 0 Å². The highest BCUT2D eigenvalue weighted by atomic mass is 79.9. The zero-order valence-corrected chi connectivity index (χ0v) is 15.1. The van der Waals surface area contributed by atoms with Crippen molar-refractivity contribution in [3.05, 3.63) is 43.0 Å². The summed E-state index contributed by atoms with van der Waals surface area (Å²) in [7, 11) is 0. The minimum Gasteiger partial charge on any atom is -0.490 e. The van der Waals surface area contributed by atoms with Crippen LogP contribution in [0, 0.1) is 0 Å². The van der Waals surface area contributed by atoms with Gasteiger partial charge in [0.15, 0.2) is 11.5 Å². The average molecular weight is 439 g/mol. The molecule has 1 aliphatic heterocycles. The predicted molar refractivity (Wildman–Crippen MR) is 89.5 cm³/mol. The van der Waals surface area contributed by atoms with Crippen LogP contribution in [0.1, 0.15) is 22.2 Å². The highest BCUT2D eigenvalue weighted by Gasteiger charge is 2.18. The second kappa shape index (κ2) is 6.26. The molecule has 106 valence electrons. The molecule has 0 spiro atoms. The smallest absolute Gasteiger partial charge is 0.161 e. The van der Waals surface area contributed by atoms with Crippen molar-refractivity contribution < 1.29 is 9.47 Å². The Hall–Kier alpha value is -0.230. The van der Waals surface area contributed by atoms with Crippen LogP contribution in [0.5, 0.6) is 11.5 Å². The van der Waals surface area contributed by atoms with Crippen molar-refractivity contribution in [2.75, 3.05) is 13.2 Å². The van der Waals surface area contributed by atoms with Gasteiger partial charge < -0.3 is 9.47 Å². The Bertz CT molecular complexity index is 610. The van der Waals surface area contributed by atoms with Crippen LogP contribution in [-0.2, 0) is 0 Å². The molecule has 0 bridgehead atoms. The van der Waals surface area contributed by atoms with Gasteiger partial charge in [0.1, 0.15) is 0 Å². The summed E-state index contributed by atoms with van der Waals surface area (Å²) in [5, 5.41) is -0.195. The lowest BCUT2D eigenvalue weighted by Gasteiger charge is -2.12. The number of halogens is 3. The van der Waals surface area contributed by atoms with Crippen LogP contribution >= 0.6 is 54.8 Å². The van der Waals surface area contributed by atoms with Gasteiger partial charge in [-0.3, -0.25) is 0 Å². The minimum absolute atomic E-state index is 0.195. The van der Waals surface area contributed by atoms with E-state index in [1.165, 1.54) is 0 Å². The summed E-state index contributed by atoms with van der Waals surface area (Å²) in [4.78, 5) is 1.08. The van der Waals surface area contributed by atoms with Crippen molar-refractivity contribution in [3.8, 4) is 11.5 Å². The second-order valence-corrected chi connectivity index (χ2v) is 8.08.